The third-order valence-electron chi connectivity index (χ3n) is 5.02. The van der Waals surface area contributed by atoms with Crippen molar-refractivity contribution in [2.24, 2.45) is 0 Å². The molecule has 0 atom stereocenters. The molecule has 7 heteroatoms. The minimum atomic E-state index is -0.344. The smallest absolute Gasteiger partial charge is 0.278 e. The highest BCUT2D eigenvalue weighted by molar-refractivity contribution is 6.36. The molecule has 3 rings (SSSR count). The molecule has 170 valence electrons. The normalized spacial score (nSPS) is 13.7. The van der Waals surface area contributed by atoms with Crippen LogP contribution >= 0.6 is 0 Å². The fraction of sp³-hybridized carbons (Fsp3) is 0.360. The lowest BCUT2D eigenvalue weighted by atomic mass is 10.0. The van der Waals surface area contributed by atoms with Gasteiger partial charge in [0.25, 0.3) is 11.8 Å². The fourth-order valence-electron chi connectivity index (χ4n) is 3.39. The maximum atomic E-state index is 13.3. The van der Waals surface area contributed by atoms with E-state index in [4.69, 9.17) is 14.2 Å². The zero-order valence-electron chi connectivity index (χ0n) is 18.8. The lowest BCUT2D eigenvalue weighted by Crippen LogP contribution is -2.34. The first-order chi connectivity index (χ1) is 15.6. The molecule has 0 radical (unpaired) electrons. The molecule has 0 fully saturated rings. The van der Waals surface area contributed by atoms with Crippen LogP contribution in [0.15, 0.2) is 54.2 Å². The quantitative estimate of drug-likeness (QED) is 0.397. The van der Waals surface area contributed by atoms with Crippen molar-refractivity contribution < 1.29 is 23.8 Å². The average Bonchev–Trinajstić information content (AvgIpc) is 3.05. The van der Waals surface area contributed by atoms with Crippen LogP contribution in [0.1, 0.15) is 32.3 Å². The molecule has 0 spiro atoms. The van der Waals surface area contributed by atoms with Gasteiger partial charge in [-0.15, -0.1) is 0 Å². The summed E-state index contributed by atoms with van der Waals surface area (Å²) < 4.78 is 16.2. The van der Waals surface area contributed by atoms with Crippen LogP contribution in [-0.2, 0) is 14.3 Å². The van der Waals surface area contributed by atoms with Gasteiger partial charge in [-0.1, -0.05) is 19.1 Å². The molecule has 1 heterocycles. The fourth-order valence-corrected chi connectivity index (χ4v) is 3.39. The molecule has 0 aromatic heterocycles. The topological polar surface area (TPSA) is 77.1 Å². The van der Waals surface area contributed by atoms with E-state index in [1.54, 1.807) is 31.4 Å². The van der Waals surface area contributed by atoms with Crippen LogP contribution in [-0.4, -0.2) is 50.2 Å². The molecular weight excluding hydrogens is 408 g/mol. The molecule has 2 aromatic carbocycles. The Kier molecular flexibility index (Phi) is 8.27. The van der Waals surface area contributed by atoms with E-state index in [0.29, 0.717) is 55.4 Å². The summed E-state index contributed by atoms with van der Waals surface area (Å²) in [7, 11) is 1.59. The van der Waals surface area contributed by atoms with Crippen molar-refractivity contribution in [3.8, 4) is 11.5 Å². The van der Waals surface area contributed by atoms with Crippen LogP contribution in [0, 0.1) is 0 Å². The van der Waals surface area contributed by atoms with Crippen LogP contribution in [0.2, 0.25) is 0 Å². The van der Waals surface area contributed by atoms with Gasteiger partial charge < -0.3 is 19.5 Å². The van der Waals surface area contributed by atoms with Gasteiger partial charge in [-0.25, -0.2) is 0 Å². The zero-order valence-corrected chi connectivity index (χ0v) is 18.8. The lowest BCUT2D eigenvalue weighted by molar-refractivity contribution is -0.137. The van der Waals surface area contributed by atoms with Crippen molar-refractivity contribution in [2.75, 3.05) is 38.8 Å². The Morgan fingerprint density at radius 1 is 0.875 bits per heavy atom. The van der Waals surface area contributed by atoms with E-state index >= 15 is 0 Å². The highest BCUT2D eigenvalue weighted by atomic mass is 16.5. The van der Waals surface area contributed by atoms with Gasteiger partial charge in [0.1, 0.15) is 17.2 Å². The van der Waals surface area contributed by atoms with Crippen LogP contribution in [0.4, 0.5) is 5.69 Å². The first-order valence-electron chi connectivity index (χ1n) is 10.9. The molecule has 32 heavy (non-hydrogen) atoms. The first-order valence-corrected chi connectivity index (χ1v) is 10.9. The van der Waals surface area contributed by atoms with Crippen molar-refractivity contribution in [3.63, 3.8) is 0 Å². The Morgan fingerprint density at radius 2 is 1.56 bits per heavy atom. The maximum absolute atomic E-state index is 13.3. The first kappa shape index (κ1) is 23.3. The highest BCUT2D eigenvalue weighted by Gasteiger charge is 2.38. The Labute approximate surface area is 189 Å². The molecule has 0 saturated carbocycles. The van der Waals surface area contributed by atoms with E-state index in [-0.39, 0.29) is 17.5 Å². The molecular formula is C25H30N2O5. The monoisotopic (exact) mass is 438 g/mol. The molecule has 2 amide bonds. The van der Waals surface area contributed by atoms with Gasteiger partial charge >= 0.3 is 0 Å². The van der Waals surface area contributed by atoms with Crippen molar-refractivity contribution in [1.82, 2.24) is 4.90 Å². The number of hydrogen-bond acceptors (Lipinski definition) is 6. The summed E-state index contributed by atoms with van der Waals surface area (Å²) in [5.41, 5.74) is 1.97. The van der Waals surface area contributed by atoms with E-state index in [9.17, 15) is 9.59 Å². The molecule has 7 nitrogen and oxygen atoms in total. The van der Waals surface area contributed by atoms with Crippen molar-refractivity contribution in [2.45, 2.75) is 26.7 Å². The van der Waals surface area contributed by atoms with Crippen molar-refractivity contribution in [3.05, 3.63) is 59.8 Å². The second-order valence-corrected chi connectivity index (χ2v) is 7.29. The van der Waals surface area contributed by atoms with Gasteiger partial charge in [0, 0.05) is 25.4 Å². The third-order valence-corrected chi connectivity index (χ3v) is 5.02. The second-order valence-electron chi connectivity index (χ2n) is 7.29. The average molecular weight is 439 g/mol. The molecule has 0 unspecified atom stereocenters. The van der Waals surface area contributed by atoms with Crippen molar-refractivity contribution >= 4 is 23.1 Å². The predicted molar refractivity (Wildman–Crippen MR) is 124 cm³/mol. The van der Waals surface area contributed by atoms with Gasteiger partial charge in [0.2, 0.25) is 0 Å². The maximum Gasteiger partial charge on any atom is 0.278 e. The van der Waals surface area contributed by atoms with Gasteiger partial charge in [-0.3, -0.25) is 14.5 Å². The van der Waals surface area contributed by atoms with E-state index in [2.05, 4.69) is 5.32 Å². The van der Waals surface area contributed by atoms with Crippen LogP contribution in [0.5, 0.6) is 11.5 Å². The van der Waals surface area contributed by atoms with E-state index in [1.165, 1.54) is 4.90 Å². The number of anilines is 1. The summed E-state index contributed by atoms with van der Waals surface area (Å²) in [6.07, 6.45) is 1.49. The van der Waals surface area contributed by atoms with Crippen molar-refractivity contribution in [1.29, 1.82) is 0 Å². The molecule has 1 aliphatic rings. The van der Waals surface area contributed by atoms with E-state index in [1.807, 2.05) is 38.1 Å². The minimum absolute atomic E-state index is 0.263. The van der Waals surface area contributed by atoms with Crippen LogP contribution < -0.4 is 14.8 Å². The Balaban J connectivity index is 1.89. The number of ether oxygens (including phenoxy) is 3. The largest absolute Gasteiger partial charge is 0.497 e. The lowest BCUT2D eigenvalue weighted by Gasteiger charge is -2.15. The highest BCUT2D eigenvalue weighted by Crippen LogP contribution is 2.32. The molecule has 0 bridgehead atoms. The number of hydrogen-bond donors (Lipinski definition) is 1. The number of nitrogens with zero attached hydrogens (tertiary/aromatic N) is 1. The number of nitrogens with one attached hydrogen (secondary N) is 1. The summed E-state index contributed by atoms with van der Waals surface area (Å²) >= 11 is 0. The number of methoxy groups -OCH3 is 1. The number of carbonyl (C=O) groups excluding carboxylic acids is 2. The summed E-state index contributed by atoms with van der Waals surface area (Å²) in [4.78, 5) is 27.7. The van der Waals surface area contributed by atoms with Gasteiger partial charge in [0.05, 0.1) is 19.3 Å². The number of carbonyl (C=O) groups is 2. The SMILES string of the molecule is CCCOc1ccc(C2=C(Nc3ccc(OC)cc3)C(=O)N(CCCOCC)C2=O)cc1. The predicted octanol–water partition coefficient (Wildman–Crippen LogP) is 4.10. The third kappa shape index (κ3) is 5.48. The summed E-state index contributed by atoms with van der Waals surface area (Å²) in [6, 6.07) is 14.5. The van der Waals surface area contributed by atoms with Crippen LogP contribution in [0.25, 0.3) is 5.57 Å². The Hall–Kier alpha value is -3.32. The standard InChI is InChI=1S/C25H30N2O5/c1-4-16-32-21-11-7-18(8-12-21)22-23(26-19-9-13-20(30-3)14-10-19)25(29)27(24(22)28)15-6-17-31-5-2/h7-14,26H,4-6,15-17H2,1-3H3. The molecule has 1 aliphatic heterocycles. The summed E-state index contributed by atoms with van der Waals surface area (Å²) in [5.74, 6) is 0.776. The molecule has 2 aromatic rings. The molecule has 0 saturated heterocycles. The van der Waals surface area contributed by atoms with Gasteiger partial charge in [-0.05, 0) is 61.7 Å². The minimum Gasteiger partial charge on any atom is -0.497 e. The zero-order chi connectivity index (χ0) is 22.9. The summed E-state index contributed by atoms with van der Waals surface area (Å²) in [6.45, 7) is 5.97. The van der Waals surface area contributed by atoms with Crippen LogP contribution in [0.3, 0.4) is 0 Å². The Morgan fingerprint density at radius 3 is 2.19 bits per heavy atom. The summed E-state index contributed by atoms with van der Waals surface area (Å²) in [5, 5.41) is 3.15. The van der Waals surface area contributed by atoms with E-state index in [0.717, 1.165) is 12.2 Å². The van der Waals surface area contributed by atoms with E-state index < -0.39 is 0 Å². The van der Waals surface area contributed by atoms with Gasteiger partial charge in [0.15, 0.2) is 0 Å². The number of imide groups is 1. The molecule has 0 aliphatic carbocycles. The number of benzene rings is 2. The second kappa shape index (κ2) is 11.3. The molecule has 1 N–H and O–H groups in total. The number of rotatable bonds is 12. The van der Waals surface area contributed by atoms with Gasteiger partial charge in [-0.2, -0.15) is 0 Å². The number of amides is 2. The Bertz CT molecular complexity index is 951.